The lowest BCUT2D eigenvalue weighted by atomic mass is 10.4. The Balaban J connectivity index is 3.94. The first-order chi connectivity index (χ1) is 5.06. The van der Waals surface area contributed by atoms with E-state index in [-0.39, 0.29) is 12.1 Å². The number of hydrogen-bond acceptors (Lipinski definition) is 2. The molecule has 0 aromatic carbocycles. The molecule has 0 saturated heterocycles. The van der Waals surface area contributed by atoms with Crippen LogP contribution in [0.25, 0.3) is 0 Å². The molecule has 0 fully saturated rings. The Kier molecular flexibility index (Phi) is 4.74. The van der Waals surface area contributed by atoms with Gasteiger partial charge in [0, 0.05) is 12.1 Å². The minimum Gasteiger partial charge on any atom is -0.543 e. The smallest absolute Gasteiger partial charge is 0.378 e. The van der Waals surface area contributed by atoms with E-state index >= 15 is 0 Å². The Morgan fingerprint density at radius 1 is 1.36 bits per heavy atom. The van der Waals surface area contributed by atoms with Crippen molar-refractivity contribution in [2.24, 2.45) is 4.99 Å². The summed E-state index contributed by atoms with van der Waals surface area (Å²) in [5.74, 6) is 0. The van der Waals surface area contributed by atoms with Crippen LogP contribution in [0.15, 0.2) is 4.99 Å². The predicted molar refractivity (Wildman–Crippen MR) is 47.7 cm³/mol. The number of nitrogens with one attached hydrogen (secondary N) is 1. The molecule has 0 unspecified atom stereocenters. The molecule has 2 radical (unpaired) electrons. The van der Waals surface area contributed by atoms with Gasteiger partial charge >= 0.3 is 8.05 Å². The molecule has 11 heavy (non-hydrogen) atoms. The topological polar surface area (TPSA) is 33.6 Å². The first-order valence-corrected chi connectivity index (χ1v) is 3.77. The third kappa shape index (κ3) is 5.76. The van der Waals surface area contributed by atoms with E-state index in [1.807, 2.05) is 27.7 Å². The monoisotopic (exact) mass is 154 g/mol. The summed E-state index contributed by atoms with van der Waals surface area (Å²) >= 11 is 0. The van der Waals surface area contributed by atoms with Crippen molar-refractivity contribution in [3.05, 3.63) is 0 Å². The third-order valence-corrected chi connectivity index (χ3v) is 0.899. The Morgan fingerprint density at radius 2 is 1.91 bits per heavy atom. The van der Waals surface area contributed by atoms with Gasteiger partial charge in [0.1, 0.15) is 0 Å². The van der Waals surface area contributed by atoms with Gasteiger partial charge in [-0.3, -0.25) is 0 Å². The Hall–Kier alpha value is -0.665. The normalized spacial score (nSPS) is 12.4. The van der Waals surface area contributed by atoms with Gasteiger partial charge in [0.2, 0.25) is 0 Å². The maximum absolute atomic E-state index is 4.98. The molecule has 62 valence electrons. The van der Waals surface area contributed by atoms with Crippen LogP contribution in [0.5, 0.6) is 0 Å². The lowest BCUT2D eigenvalue weighted by Gasteiger charge is -2.12. The molecule has 0 aliphatic rings. The van der Waals surface area contributed by atoms with E-state index in [4.69, 9.17) is 8.05 Å². The van der Waals surface area contributed by atoms with Crippen molar-refractivity contribution in [1.29, 1.82) is 0 Å². The highest BCUT2D eigenvalue weighted by atomic mass is 16.4. The Bertz CT molecular complexity index is 134. The van der Waals surface area contributed by atoms with Crippen LogP contribution in [0.2, 0.25) is 0 Å². The fraction of sp³-hybridized carbons (Fsp3) is 0.857. The summed E-state index contributed by atoms with van der Waals surface area (Å²) in [5.41, 5.74) is 0. The lowest BCUT2D eigenvalue weighted by molar-refractivity contribution is 0.532. The summed E-state index contributed by atoms with van der Waals surface area (Å²) in [7, 11) is 4.98. The summed E-state index contributed by atoms with van der Waals surface area (Å²) in [6.45, 7) is 7.91. The van der Waals surface area contributed by atoms with Gasteiger partial charge in [-0.05, 0) is 27.7 Å². The van der Waals surface area contributed by atoms with Crippen LogP contribution >= 0.6 is 0 Å². The first-order valence-electron chi connectivity index (χ1n) is 3.77. The molecule has 0 aliphatic carbocycles. The molecule has 3 nitrogen and oxygen atoms in total. The molecule has 1 N–H and O–H groups in total. The molecule has 0 rings (SSSR count). The number of hydrogen-bond donors (Lipinski definition) is 1. The third-order valence-electron chi connectivity index (χ3n) is 0.899. The largest absolute Gasteiger partial charge is 0.543 e. The van der Waals surface area contributed by atoms with Crippen molar-refractivity contribution in [1.82, 2.24) is 5.32 Å². The molecule has 0 bridgehead atoms. The van der Waals surface area contributed by atoms with Crippen LogP contribution in [0.4, 0.5) is 0 Å². The van der Waals surface area contributed by atoms with E-state index < -0.39 is 0 Å². The van der Waals surface area contributed by atoms with Crippen molar-refractivity contribution in [2.75, 3.05) is 0 Å². The van der Waals surface area contributed by atoms with Gasteiger partial charge < -0.3 is 9.97 Å². The zero-order chi connectivity index (χ0) is 8.85. The van der Waals surface area contributed by atoms with Crippen LogP contribution < -0.4 is 5.32 Å². The van der Waals surface area contributed by atoms with Gasteiger partial charge in [0.25, 0.3) is 6.02 Å². The first kappa shape index (κ1) is 10.3. The fourth-order valence-corrected chi connectivity index (χ4v) is 0.583. The van der Waals surface area contributed by atoms with E-state index in [1.165, 1.54) is 0 Å². The molecule has 0 saturated carbocycles. The van der Waals surface area contributed by atoms with E-state index in [1.54, 1.807) is 0 Å². The zero-order valence-electron chi connectivity index (χ0n) is 7.59. The van der Waals surface area contributed by atoms with E-state index in [2.05, 4.69) is 15.0 Å². The van der Waals surface area contributed by atoms with Gasteiger partial charge in [-0.1, -0.05) is 0 Å². The van der Waals surface area contributed by atoms with Crippen molar-refractivity contribution < 1.29 is 4.65 Å². The lowest BCUT2D eigenvalue weighted by Crippen LogP contribution is -2.32. The van der Waals surface area contributed by atoms with Crippen molar-refractivity contribution >= 4 is 14.1 Å². The van der Waals surface area contributed by atoms with Crippen LogP contribution in [0.3, 0.4) is 0 Å². The highest BCUT2D eigenvalue weighted by molar-refractivity contribution is 6.06. The average molecular weight is 154 g/mol. The molecule has 0 heterocycles. The highest BCUT2D eigenvalue weighted by Crippen LogP contribution is 1.88. The summed E-state index contributed by atoms with van der Waals surface area (Å²) in [6, 6.07) is 0.880. The summed E-state index contributed by atoms with van der Waals surface area (Å²) < 4.78 is 4.51. The van der Waals surface area contributed by atoms with Gasteiger partial charge in [-0.15, -0.1) is 0 Å². The summed E-state index contributed by atoms with van der Waals surface area (Å²) in [4.78, 5) is 4.09. The molecular formula is C7H15BN2O. The molecule has 0 atom stereocenters. The quantitative estimate of drug-likeness (QED) is 0.363. The van der Waals surface area contributed by atoms with E-state index in [0.29, 0.717) is 6.02 Å². The molecule has 0 spiro atoms. The van der Waals surface area contributed by atoms with Gasteiger partial charge in [-0.2, -0.15) is 0 Å². The molecule has 0 aromatic rings. The van der Waals surface area contributed by atoms with Crippen LogP contribution in [0.1, 0.15) is 27.7 Å². The maximum Gasteiger partial charge on any atom is 0.378 e. The van der Waals surface area contributed by atoms with E-state index in [9.17, 15) is 0 Å². The summed E-state index contributed by atoms with van der Waals surface area (Å²) in [6.07, 6.45) is 0. The van der Waals surface area contributed by atoms with E-state index in [0.717, 1.165) is 0 Å². The number of nitrogens with zero attached hydrogens (tertiary/aromatic N) is 1. The number of rotatable bonds is 2. The van der Waals surface area contributed by atoms with Gasteiger partial charge in [0.15, 0.2) is 0 Å². The van der Waals surface area contributed by atoms with Crippen molar-refractivity contribution in [3.8, 4) is 0 Å². The standard InChI is InChI=1S/C7H15BN2O/c1-5(2)9-7(11-8)10-6(3)4/h5-6H,1-4H3,(H,9,10). The molecule has 0 aliphatic heterocycles. The van der Waals surface area contributed by atoms with Crippen molar-refractivity contribution in [2.45, 2.75) is 39.8 Å². The number of aliphatic imine (C=N–C) groups is 1. The second-order valence-electron chi connectivity index (χ2n) is 2.94. The zero-order valence-corrected chi connectivity index (χ0v) is 7.59. The SMILES string of the molecule is [B]OC(=NC(C)C)NC(C)C. The minimum atomic E-state index is 0.194. The Morgan fingerprint density at radius 3 is 2.18 bits per heavy atom. The Labute approximate surface area is 69.7 Å². The fourth-order valence-electron chi connectivity index (χ4n) is 0.583. The van der Waals surface area contributed by atoms with Crippen molar-refractivity contribution in [3.63, 3.8) is 0 Å². The molecule has 0 aromatic heterocycles. The van der Waals surface area contributed by atoms with Crippen LogP contribution in [-0.4, -0.2) is 26.2 Å². The molecular weight excluding hydrogens is 139 g/mol. The minimum absolute atomic E-state index is 0.194. The maximum atomic E-state index is 4.98. The average Bonchev–Trinajstić information content (AvgIpc) is 1.84. The molecule has 0 amide bonds. The summed E-state index contributed by atoms with van der Waals surface area (Å²) in [5, 5.41) is 2.96. The van der Waals surface area contributed by atoms with Gasteiger partial charge in [0.05, 0.1) is 0 Å². The van der Waals surface area contributed by atoms with Crippen LogP contribution in [-0.2, 0) is 4.65 Å². The second-order valence-corrected chi connectivity index (χ2v) is 2.94. The highest BCUT2D eigenvalue weighted by Gasteiger charge is 1.99. The van der Waals surface area contributed by atoms with Crippen LogP contribution in [0, 0.1) is 0 Å². The second kappa shape index (κ2) is 5.05. The predicted octanol–water partition coefficient (Wildman–Crippen LogP) is 0.849. The van der Waals surface area contributed by atoms with Gasteiger partial charge in [-0.25, -0.2) is 4.99 Å². The number of amidine groups is 1. The molecule has 4 heteroatoms.